The number of carbonyl (C=O) groups excluding carboxylic acids is 3. The predicted molar refractivity (Wildman–Crippen MR) is 125 cm³/mol. The van der Waals surface area contributed by atoms with Crippen molar-refractivity contribution >= 4 is 17.7 Å². The van der Waals surface area contributed by atoms with Crippen LogP contribution in [0.1, 0.15) is 88.9 Å². The van der Waals surface area contributed by atoms with Crippen molar-refractivity contribution in [2.75, 3.05) is 39.3 Å². The van der Waals surface area contributed by atoms with E-state index in [2.05, 4.69) is 16.3 Å². The standard InChI is InChI=1S/C24H36N6O3/c31-22(25-28-10-4-1-5-11-28)19-16-20(23(32)26-29-12-6-2-7-13-29)18-21(17-19)24(33)27-30-14-8-3-9-15-30/h16-18H,1-15H2,(H,25,31)(H,26,32)(H,27,33). The number of piperidine rings is 3. The molecule has 33 heavy (non-hydrogen) atoms. The molecule has 3 amide bonds. The van der Waals surface area contributed by atoms with Gasteiger partial charge in [0.05, 0.1) is 0 Å². The van der Waals surface area contributed by atoms with Crippen molar-refractivity contribution in [2.45, 2.75) is 57.8 Å². The molecule has 3 fully saturated rings. The average molecular weight is 457 g/mol. The number of hydrazine groups is 3. The molecule has 9 heteroatoms. The average Bonchev–Trinajstić information content (AvgIpc) is 2.85. The minimum absolute atomic E-state index is 0.295. The summed E-state index contributed by atoms with van der Waals surface area (Å²) in [5.41, 5.74) is 9.77. The van der Waals surface area contributed by atoms with E-state index in [1.54, 1.807) is 18.2 Å². The van der Waals surface area contributed by atoms with Crippen LogP contribution in [0.15, 0.2) is 18.2 Å². The van der Waals surface area contributed by atoms with Gasteiger partial charge in [-0.2, -0.15) is 0 Å². The van der Waals surface area contributed by atoms with Gasteiger partial charge in [0.15, 0.2) is 0 Å². The summed E-state index contributed by atoms with van der Waals surface area (Å²) in [5.74, 6) is -0.885. The monoisotopic (exact) mass is 456 g/mol. The summed E-state index contributed by atoms with van der Waals surface area (Å²) in [6, 6.07) is 4.74. The molecule has 1 aromatic carbocycles. The molecular formula is C24H36N6O3. The highest BCUT2D eigenvalue weighted by Crippen LogP contribution is 2.15. The minimum Gasteiger partial charge on any atom is -0.285 e. The lowest BCUT2D eigenvalue weighted by atomic mass is 10.0. The first-order valence-corrected chi connectivity index (χ1v) is 12.4. The maximum absolute atomic E-state index is 13.0. The third kappa shape index (κ3) is 6.75. The molecule has 4 rings (SSSR count). The molecule has 0 radical (unpaired) electrons. The van der Waals surface area contributed by atoms with Gasteiger partial charge in [-0.05, 0) is 56.7 Å². The van der Waals surface area contributed by atoms with E-state index >= 15 is 0 Å². The number of hydrogen-bond acceptors (Lipinski definition) is 6. The fourth-order valence-corrected chi connectivity index (χ4v) is 4.66. The molecule has 1 aromatic rings. The Bertz CT molecular complexity index is 721. The van der Waals surface area contributed by atoms with Gasteiger partial charge in [-0.25, -0.2) is 15.0 Å². The summed E-state index contributed by atoms with van der Waals surface area (Å²) in [7, 11) is 0. The van der Waals surface area contributed by atoms with Crippen molar-refractivity contribution in [3.63, 3.8) is 0 Å². The Morgan fingerprint density at radius 3 is 0.939 bits per heavy atom. The van der Waals surface area contributed by atoms with Gasteiger partial charge in [-0.15, -0.1) is 0 Å². The molecule has 0 aliphatic carbocycles. The quantitative estimate of drug-likeness (QED) is 0.607. The fraction of sp³-hybridized carbons (Fsp3) is 0.625. The summed E-state index contributed by atoms with van der Waals surface area (Å²) in [6.07, 6.45) is 9.76. The minimum atomic E-state index is -0.295. The van der Waals surface area contributed by atoms with Gasteiger partial charge >= 0.3 is 0 Å². The summed E-state index contributed by atoms with van der Waals surface area (Å²) >= 11 is 0. The van der Waals surface area contributed by atoms with Crippen LogP contribution >= 0.6 is 0 Å². The topological polar surface area (TPSA) is 97.0 Å². The molecule has 3 aliphatic heterocycles. The second-order valence-corrected chi connectivity index (χ2v) is 9.26. The van der Waals surface area contributed by atoms with E-state index in [0.29, 0.717) is 16.7 Å². The van der Waals surface area contributed by atoms with E-state index < -0.39 is 0 Å². The smallest absolute Gasteiger partial charge is 0.265 e. The third-order valence-electron chi connectivity index (χ3n) is 6.57. The predicted octanol–water partition coefficient (Wildman–Crippen LogP) is 2.08. The van der Waals surface area contributed by atoms with E-state index in [0.717, 1.165) is 77.8 Å². The first-order chi connectivity index (χ1) is 16.1. The van der Waals surface area contributed by atoms with Gasteiger partial charge in [0.2, 0.25) is 0 Å². The summed E-state index contributed by atoms with van der Waals surface area (Å²) in [5, 5.41) is 5.75. The summed E-state index contributed by atoms with van der Waals surface area (Å²) < 4.78 is 0. The lowest BCUT2D eigenvalue weighted by Crippen LogP contribution is -2.46. The van der Waals surface area contributed by atoms with Crippen molar-refractivity contribution in [2.24, 2.45) is 0 Å². The molecule has 9 nitrogen and oxygen atoms in total. The Morgan fingerprint density at radius 1 is 0.455 bits per heavy atom. The maximum atomic E-state index is 13.0. The molecule has 3 aliphatic rings. The Kier molecular flexibility index (Phi) is 8.30. The molecule has 0 unspecified atom stereocenters. The van der Waals surface area contributed by atoms with Crippen molar-refractivity contribution in [1.29, 1.82) is 0 Å². The van der Waals surface area contributed by atoms with Crippen LogP contribution < -0.4 is 16.3 Å². The number of benzene rings is 1. The van der Waals surface area contributed by atoms with Crippen LogP contribution in [0, 0.1) is 0 Å². The Morgan fingerprint density at radius 2 is 0.697 bits per heavy atom. The number of amides is 3. The van der Waals surface area contributed by atoms with Gasteiger partial charge in [0.25, 0.3) is 17.7 Å². The van der Waals surface area contributed by atoms with Crippen LogP contribution in [0.3, 0.4) is 0 Å². The number of nitrogens with zero attached hydrogens (tertiary/aromatic N) is 3. The van der Waals surface area contributed by atoms with Crippen molar-refractivity contribution in [3.8, 4) is 0 Å². The molecule has 0 saturated carbocycles. The molecule has 0 spiro atoms. The van der Waals surface area contributed by atoms with Gasteiger partial charge in [-0.1, -0.05) is 19.3 Å². The van der Waals surface area contributed by atoms with Gasteiger partial charge in [-0.3, -0.25) is 30.7 Å². The first-order valence-electron chi connectivity index (χ1n) is 12.4. The molecular weight excluding hydrogens is 420 g/mol. The Labute approximate surface area is 195 Å². The van der Waals surface area contributed by atoms with Crippen LogP contribution in [-0.4, -0.2) is 72.0 Å². The van der Waals surface area contributed by atoms with Crippen LogP contribution in [-0.2, 0) is 0 Å². The molecule has 0 atom stereocenters. The number of hydrogen-bond donors (Lipinski definition) is 3. The van der Waals surface area contributed by atoms with Crippen molar-refractivity contribution in [3.05, 3.63) is 34.9 Å². The summed E-state index contributed by atoms with van der Waals surface area (Å²) in [6.45, 7) is 4.85. The van der Waals surface area contributed by atoms with Crippen molar-refractivity contribution in [1.82, 2.24) is 31.3 Å². The van der Waals surface area contributed by atoms with Gasteiger partial charge in [0.1, 0.15) is 0 Å². The highest BCUT2D eigenvalue weighted by Gasteiger charge is 2.22. The molecule has 3 saturated heterocycles. The molecule has 0 bridgehead atoms. The maximum Gasteiger partial charge on any atom is 0.265 e. The van der Waals surface area contributed by atoms with E-state index in [9.17, 15) is 14.4 Å². The Balaban J connectivity index is 1.52. The SMILES string of the molecule is O=C(NN1CCCCC1)c1cc(C(=O)NN2CCCCC2)cc(C(=O)NN2CCCCC2)c1. The molecule has 3 N–H and O–H groups in total. The van der Waals surface area contributed by atoms with Crippen molar-refractivity contribution < 1.29 is 14.4 Å². The number of rotatable bonds is 6. The number of carbonyl (C=O) groups is 3. The van der Waals surface area contributed by atoms with Crippen LogP contribution in [0.2, 0.25) is 0 Å². The Hall–Kier alpha value is -2.49. The normalized spacial score (nSPS) is 20.7. The zero-order valence-corrected chi connectivity index (χ0v) is 19.4. The first kappa shape index (κ1) is 23.7. The third-order valence-corrected chi connectivity index (χ3v) is 6.57. The fourth-order valence-electron chi connectivity index (χ4n) is 4.66. The summed E-state index contributed by atoms with van der Waals surface area (Å²) in [4.78, 5) is 39.0. The van der Waals surface area contributed by atoms with Crippen LogP contribution in [0.4, 0.5) is 0 Å². The lowest BCUT2D eigenvalue weighted by molar-refractivity contribution is 0.0748. The van der Waals surface area contributed by atoms with Gasteiger partial charge < -0.3 is 0 Å². The lowest BCUT2D eigenvalue weighted by Gasteiger charge is -2.28. The zero-order valence-electron chi connectivity index (χ0n) is 19.4. The van der Waals surface area contributed by atoms with Crippen LogP contribution in [0.25, 0.3) is 0 Å². The highest BCUT2D eigenvalue weighted by atomic mass is 16.2. The zero-order chi connectivity index (χ0) is 23.0. The molecule has 180 valence electrons. The van der Waals surface area contributed by atoms with Gasteiger partial charge in [0, 0.05) is 56.0 Å². The van der Waals surface area contributed by atoms with E-state index in [4.69, 9.17) is 0 Å². The van der Waals surface area contributed by atoms with E-state index in [1.807, 2.05) is 15.0 Å². The molecule has 0 aromatic heterocycles. The largest absolute Gasteiger partial charge is 0.285 e. The molecule has 3 heterocycles. The van der Waals surface area contributed by atoms with E-state index in [-0.39, 0.29) is 17.7 Å². The van der Waals surface area contributed by atoms with Crippen LogP contribution in [0.5, 0.6) is 0 Å². The second kappa shape index (κ2) is 11.6. The highest BCUT2D eigenvalue weighted by molar-refractivity contribution is 6.04. The second-order valence-electron chi connectivity index (χ2n) is 9.26. The number of nitrogens with one attached hydrogen (secondary N) is 3. The van der Waals surface area contributed by atoms with E-state index in [1.165, 1.54) is 19.3 Å².